The van der Waals surface area contributed by atoms with Crippen molar-refractivity contribution in [3.63, 3.8) is 0 Å². The first kappa shape index (κ1) is 13.7. The van der Waals surface area contributed by atoms with Gasteiger partial charge in [0.25, 0.3) is 0 Å². The molecule has 0 aliphatic carbocycles. The first-order chi connectivity index (χ1) is 9.06. The summed E-state index contributed by atoms with van der Waals surface area (Å²) in [6.45, 7) is 0. The number of rotatable bonds is 3. The van der Waals surface area contributed by atoms with E-state index in [4.69, 9.17) is 28.3 Å². The van der Waals surface area contributed by atoms with Gasteiger partial charge in [-0.15, -0.1) is 0 Å². The Morgan fingerprint density at radius 3 is 2.42 bits per heavy atom. The van der Waals surface area contributed by atoms with E-state index in [2.05, 4.69) is 0 Å². The van der Waals surface area contributed by atoms with Gasteiger partial charge in [0.05, 0.1) is 10.0 Å². The van der Waals surface area contributed by atoms with Crippen molar-refractivity contribution in [3.8, 4) is 11.1 Å². The molecule has 0 aliphatic rings. The monoisotopic (exact) mass is 292 g/mol. The van der Waals surface area contributed by atoms with Gasteiger partial charge in [-0.1, -0.05) is 47.5 Å². The third-order valence-electron chi connectivity index (χ3n) is 2.56. The van der Waals surface area contributed by atoms with Gasteiger partial charge in [0, 0.05) is 6.08 Å². The van der Waals surface area contributed by atoms with Crippen LogP contribution in [0, 0.1) is 0 Å². The van der Waals surface area contributed by atoms with Crippen molar-refractivity contribution < 1.29 is 9.90 Å². The van der Waals surface area contributed by atoms with Crippen molar-refractivity contribution in [3.05, 3.63) is 64.1 Å². The van der Waals surface area contributed by atoms with E-state index in [1.807, 2.05) is 30.3 Å². The van der Waals surface area contributed by atoms with Crippen LogP contribution in [-0.4, -0.2) is 11.1 Å². The molecular formula is C15H10Cl2O2. The largest absolute Gasteiger partial charge is 0.478 e. The minimum absolute atomic E-state index is 0.491. The minimum atomic E-state index is -0.972. The summed E-state index contributed by atoms with van der Waals surface area (Å²) in [4.78, 5) is 10.5. The number of hydrogen-bond donors (Lipinski definition) is 1. The number of carbonyl (C=O) groups is 1. The van der Waals surface area contributed by atoms with Crippen molar-refractivity contribution in [1.29, 1.82) is 0 Å². The second-order valence-corrected chi connectivity index (χ2v) is 4.74. The fourth-order valence-corrected chi connectivity index (χ4v) is 1.96. The van der Waals surface area contributed by atoms with Crippen LogP contribution in [0.4, 0.5) is 0 Å². The lowest BCUT2D eigenvalue weighted by Crippen LogP contribution is -1.86. The van der Waals surface area contributed by atoms with Crippen LogP contribution in [0.1, 0.15) is 5.56 Å². The van der Waals surface area contributed by atoms with E-state index in [1.165, 1.54) is 0 Å². The summed E-state index contributed by atoms with van der Waals surface area (Å²) in [7, 11) is 0. The van der Waals surface area contributed by atoms with Crippen molar-refractivity contribution in [1.82, 2.24) is 0 Å². The molecule has 0 aliphatic heterocycles. The lowest BCUT2D eigenvalue weighted by molar-refractivity contribution is -0.131. The molecule has 2 aromatic carbocycles. The number of aliphatic carboxylic acids is 1. The van der Waals surface area contributed by atoms with E-state index in [0.29, 0.717) is 10.0 Å². The van der Waals surface area contributed by atoms with Crippen LogP contribution in [0.15, 0.2) is 48.5 Å². The molecule has 0 aromatic heterocycles. The number of carboxylic acids is 1. The highest BCUT2D eigenvalue weighted by Crippen LogP contribution is 2.29. The molecule has 0 radical (unpaired) electrons. The van der Waals surface area contributed by atoms with Crippen molar-refractivity contribution >= 4 is 35.2 Å². The zero-order valence-corrected chi connectivity index (χ0v) is 11.3. The van der Waals surface area contributed by atoms with E-state index < -0.39 is 5.97 Å². The maximum atomic E-state index is 10.5. The summed E-state index contributed by atoms with van der Waals surface area (Å²) in [5.74, 6) is -0.972. The zero-order valence-electron chi connectivity index (χ0n) is 9.81. The van der Waals surface area contributed by atoms with E-state index in [0.717, 1.165) is 22.8 Å². The third kappa shape index (κ3) is 3.60. The normalized spacial score (nSPS) is 10.8. The zero-order chi connectivity index (χ0) is 13.8. The fourth-order valence-electron chi connectivity index (χ4n) is 1.67. The maximum absolute atomic E-state index is 10.5. The highest BCUT2D eigenvalue weighted by Gasteiger charge is 2.02. The molecule has 0 bridgehead atoms. The van der Waals surface area contributed by atoms with Crippen LogP contribution in [-0.2, 0) is 4.79 Å². The van der Waals surface area contributed by atoms with E-state index in [9.17, 15) is 4.79 Å². The molecule has 2 nitrogen and oxygen atoms in total. The van der Waals surface area contributed by atoms with E-state index >= 15 is 0 Å². The molecule has 1 N–H and O–H groups in total. The van der Waals surface area contributed by atoms with Gasteiger partial charge < -0.3 is 5.11 Å². The van der Waals surface area contributed by atoms with Gasteiger partial charge in [-0.25, -0.2) is 4.79 Å². The molecule has 96 valence electrons. The van der Waals surface area contributed by atoms with Gasteiger partial charge in [-0.05, 0) is 41.0 Å². The molecule has 0 saturated carbocycles. The van der Waals surface area contributed by atoms with Crippen LogP contribution < -0.4 is 0 Å². The Labute approximate surface area is 120 Å². The van der Waals surface area contributed by atoms with Gasteiger partial charge in [0.15, 0.2) is 0 Å². The standard InChI is InChI=1S/C15H10Cl2O2/c16-13-6-5-12(9-14(13)17)11-3-1-2-10(8-11)4-7-15(18)19/h1-9H,(H,18,19)/b7-4+. The predicted molar refractivity (Wildman–Crippen MR) is 78.6 cm³/mol. The molecule has 2 rings (SSSR count). The van der Waals surface area contributed by atoms with Crippen molar-refractivity contribution in [2.24, 2.45) is 0 Å². The molecule has 0 spiro atoms. The maximum Gasteiger partial charge on any atom is 0.328 e. The summed E-state index contributed by atoms with van der Waals surface area (Å²) in [6, 6.07) is 12.9. The van der Waals surface area contributed by atoms with Crippen LogP contribution in [0.3, 0.4) is 0 Å². The Kier molecular flexibility index (Phi) is 4.25. The lowest BCUT2D eigenvalue weighted by atomic mass is 10.0. The van der Waals surface area contributed by atoms with Gasteiger partial charge in [0.1, 0.15) is 0 Å². The van der Waals surface area contributed by atoms with Crippen LogP contribution in [0.5, 0.6) is 0 Å². The summed E-state index contributed by atoms with van der Waals surface area (Å²) >= 11 is 11.9. The Morgan fingerprint density at radius 2 is 1.74 bits per heavy atom. The third-order valence-corrected chi connectivity index (χ3v) is 3.30. The molecule has 0 fully saturated rings. The number of benzene rings is 2. The first-order valence-electron chi connectivity index (χ1n) is 5.53. The van der Waals surface area contributed by atoms with E-state index in [1.54, 1.807) is 18.2 Å². The SMILES string of the molecule is O=C(O)/C=C/c1cccc(-c2ccc(Cl)c(Cl)c2)c1. The second kappa shape index (κ2) is 5.91. The molecule has 0 heterocycles. The van der Waals surface area contributed by atoms with Gasteiger partial charge in [-0.2, -0.15) is 0 Å². The van der Waals surface area contributed by atoms with E-state index in [-0.39, 0.29) is 0 Å². The van der Waals surface area contributed by atoms with Crippen molar-refractivity contribution in [2.75, 3.05) is 0 Å². The van der Waals surface area contributed by atoms with Gasteiger partial charge >= 0.3 is 5.97 Å². The highest BCUT2D eigenvalue weighted by molar-refractivity contribution is 6.42. The quantitative estimate of drug-likeness (QED) is 0.828. The minimum Gasteiger partial charge on any atom is -0.478 e. The first-order valence-corrected chi connectivity index (χ1v) is 6.28. The highest BCUT2D eigenvalue weighted by atomic mass is 35.5. The van der Waals surface area contributed by atoms with Crippen LogP contribution in [0.2, 0.25) is 10.0 Å². The molecule has 2 aromatic rings. The number of halogens is 2. The van der Waals surface area contributed by atoms with Crippen LogP contribution >= 0.6 is 23.2 Å². The molecule has 19 heavy (non-hydrogen) atoms. The molecule has 0 saturated heterocycles. The fraction of sp³-hybridized carbons (Fsp3) is 0. The molecule has 0 unspecified atom stereocenters. The number of hydrogen-bond acceptors (Lipinski definition) is 1. The number of carboxylic acid groups (broad SMARTS) is 1. The Bertz CT molecular complexity index is 648. The average molecular weight is 293 g/mol. The summed E-state index contributed by atoms with van der Waals surface area (Å²) in [6.07, 6.45) is 2.65. The summed E-state index contributed by atoms with van der Waals surface area (Å²) in [5, 5.41) is 9.61. The van der Waals surface area contributed by atoms with Crippen molar-refractivity contribution in [2.45, 2.75) is 0 Å². The summed E-state index contributed by atoms with van der Waals surface area (Å²) in [5.41, 5.74) is 2.69. The Hall–Kier alpha value is -1.77. The summed E-state index contributed by atoms with van der Waals surface area (Å²) < 4.78 is 0. The van der Waals surface area contributed by atoms with Crippen LogP contribution in [0.25, 0.3) is 17.2 Å². The predicted octanol–water partition coefficient (Wildman–Crippen LogP) is 4.76. The molecule has 4 heteroatoms. The topological polar surface area (TPSA) is 37.3 Å². The molecular weight excluding hydrogens is 283 g/mol. The Morgan fingerprint density at radius 1 is 1.00 bits per heavy atom. The van der Waals surface area contributed by atoms with Gasteiger partial charge in [0.2, 0.25) is 0 Å². The lowest BCUT2D eigenvalue weighted by Gasteiger charge is -2.04. The smallest absolute Gasteiger partial charge is 0.328 e. The molecule has 0 amide bonds. The van der Waals surface area contributed by atoms with Gasteiger partial charge in [-0.3, -0.25) is 0 Å². The second-order valence-electron chi connectivity index (χ2n) is 3.93. The molecule has 0 atom stereocenters. The average Bonchev–Trinajstić information content (AvgIpc) is 2.40. The Balaban J connectivity index is 2.37.